The molecule has 0 aliphatic carbocycles. The Morgan fingerprint density at radius 3 is 2.75 bits per heavy atom. The van der Waals surface area contributed by atoms with E-state index >= 15 is 0 Å². The van der Waals surface area contributed by atoms with Crippen molar-refractivity contribution in [1.29, 1.82) is 0 Å². The van der Waals surface area contributed by atoms with Crippen LogP contribution in [0.5, 0.6) is 0 Å². The number of aromatic nitrogens is 2. The smallest absolute Gasteiger partial charge is 0.231 e. The van der Waals surface area contributed by atoms with E-state index in [-0.39, 0.29) is 5.92 Å². The number of nitrogens with two attached hydrogens (primary N) is 1. The zero-order valence-electron chi connectivity index (χ0n) is 11.3. The molecule has 2 rings (SSSR count). The minimum atomic E-state index is 0.134. The first-order valence-electron chi connectivity index (χ1n) is 6.60. The van der Waals surface area contributed by atoms with Crippen LogP contribution in [-0.2, 0) is 6.42 Å². The second-order valence-corrected chi connectivity index (χ2v) is 5.51. The van der Waals surface area contributed by atoms with E-state index in [4.69, 9.17) is 33.5 Å². The summed E-state index contributed by atoms with van der Waals surface area (Å²) >= 11 is 11.9. The second-order valence-electron chi connectivity index (χ2n) is 4.70. The Morgan fingerprint density at radius 2 is 2.10 bits per heavy atom. The monoisotopic (exact) mass is 313 g/mol. The summed E-state index contributed by atoms with van der Waals surface area (Å²) < 4.78 is 5.30. The molecule has 0 aliphatic heterocycles. The van der Waals surface area contributed by atoms with Gasteiger partial charge in [0.15, 0.2) is 5.82 Å². The van der Waals surface area contributed by atoms with Crippen molar-refractivity contribution in [3.63, 3.8) is 0 Å². The van der Waals surface area contributed by atoms with Crippen LogP contribution in [0.15, 0.2) is 22.7 Å². The molecule has 0 spiro atoms. The molecular weight excluding hydrogens is 297 g/mol. The highest BCUT2D eigenvalue weighted by atomic mass is 35.5. The summed E-state index contributed by atoms with van der Waals surface area (Å²) in [4.78, 5) is 4.41. The number of hydrogen-bond acceptors (Lipinski definition) is 4. The van der Waals surface area contributed by atoms with Crippen molar-refractivity contribution in [2.75, 3.05) is 6.54 Å². The summed E-state index contributed by atoms with van der Waals surface area (Å²) in [6, 6.07) is 5.48. The summed E-state index contributed by atoms with van der Waals surface area (Å²) in [5.41, 5.74) is 6.72. The van der Waals surface area contributed by atoms with Gasteiger partial charge in [0.2, 0.25) is 5.89 Å². The third-order valence-electron chi connectivity index (χ3n) is 3.10. The Labute approximate surface area is 128 Å². The summed E-state index contributed by atoms with van der Waals surface area (Å²) in [7, 11) is 0. The maximum atomic E-state index is 5.99. The van der Waals surface area contributed by atoms with E-state index in [2.05, 4.69) is 17.1 Å². The van der Waals surface area contributed by atoms with Gasteiger partial charge in [0.25, 0.3) is 0 Å². The Balaban J connectivity index is 2.10. The van der Waals surface area contributed by atoms with Crippen molar-refractivity contribution in [2.45, 2.75) is 32.1 Å². The lowest BCUT2D eigenvalue weighted by atomic mass is 10.0. The molecule has 0 fully saturated rings. The van der Waals surface area contributed by atoms with Crippen LogP contribution in [0.1, 0.15) is 43.0 Å². The molecule has 2 N–H and O–H groups in total. The van der Waals surface area contributed by atoms with Gasteiger partial charge in [0, 0.05) is 13.0 Å². The minimum Gasteiger partial charge on any atom is -0.339 e. The lowest BCUT2D eigenvalue weighted by Gasteiger charge is -2.06. The maximum Gasteiger partial charge on any atom is 0.231 e. The topological polar surface area (TPSA) is 64.9 Å². The van der Waals surface area contributed by atoms with Crippen LogP contribution in [-0.4, -0.2) is 16.7 Å². The Bertz CT molecular complexity index is 571. The molecule has 1 aromatic heterocycles. The molecule has 0 saturated carbocycles. The fourth-order valence-corrected chi connectivity index (χ4v) is 2.35. The van der Waals surface area contributed by atoms with Crippen LogP contribution < -0.4 is 5.73 Å². The molecule has 20 heavy (non-hydrogen) atoms. The van der Waals surface area contributed by atoms with Crippen molar-refractivity contribution < 1.29 is 4.52 Å². The third-order valence-corrected chi connectivity index (χ3v) is 3.84. The summed E-state index contributed by atoms with van der Waals surface area (Å²) in [5.74, 6) is 1.38. The molecule has 1 heterocycles. The van der Waals surface area contributed by atoms with Crippen molar-refractivity contribution in [3.8, 4) is 0 Å². The predicted octanol–water partition coefficient (Wildman–Crippen LogP) is 3.81. The molecule has 0 bridgehead atoms. The fourth-order valence-electron chi connectivity index (χ4n) is 2.03. The predicted molar refractivity (Wildman–Crippen MR) is 80.3 cm³/mol. The van der Waals surface area contributed by atoms with Gasteiger partial charge in [-0.25, -0.2) is 0 Å². The first-order valence-corrected chi connectivity index (χ1v) is 7.36. The quantitative estimate of drug-likeness (QED) is 0.880. The average molecular weight is 314 g/mol. The molecular formula is C14H17Cl2N3O. The second kappa shape index (κ2) is 7.07. The molecule has 0 radical (unpaired) electrons. The molecule has 0 aliphatic rings. The Hall–Kier alpha value is -1.10. The van der Waals surface area contributed by atoms with Crippen molar-refractivity contribution >= 4 is 23.2 Å². The largest absolute Gasteiger partial charge is 0.339 e. The van der Waals surface area contributed by atoms with E-state index in [0.717, 1.165) is 18.4 Å². The molecule has 0 saturated heterocycles. The lowest BCUT2D eigenvalue weighted by molar-refractivity contribution is 0.344. The van der Waals surface area contributed by atoms with E-state index < -0.39 is 0 Å². The van der Waals surface area contributed by atoms with E-state index in [9.17, 15) is 0 Å². The molecule has 6 heteroatoms. The van der Waals surface area contributed by atoms with Crippen molar-refractivity contribution in [2.24, 2.45) is 5.73 Å². The summed E-state index contributed by atoms with van der Waals surface area (Å²) in [5, 5.41) is 5.06. The first kappa shape index (κ1) is 15.3. The zero-order chi connectivity index (χ0) is 14.5. The first-order chi connectivity index (χ1) is 9.63. The Kier molecular flexibility index (Phi) is 5.40. The van der Waals surface area contributed by atoms with Crippen LogP contribution in [0, 0.1) is 0 Å². The maximum absolute atomic E-state index is 5.99. The number of nitrogens with zero attached hydrogens (tertiary/aromatic N) is 2. The highest BCUT2D eigenvalue weighted by molar-refractivity contribution is 6.42. The SMILES string of the molecule is CCCC(CN)c1nc(Cc2ccc(Cl)c(Cl)c2)no1. The van der Waals surface area contributed by atoms with Gasteiger partial charge in [-0.05, 0) is 24.1 Å². The lowest BCUT2D eigenvalue weighted by Crippen LogP contribution is -2.12. The minimum absolute atomic E-state index is 0.134. The van der Waals surface area contributed by atoms with E-state index in [1.165, 1.54) is 0 Å². The van der Waals surface area contributed by atoms with Gasteiger partial charge in [-0.3, -0.25) is 0 Å². The molecule has 2 aromatic rings. The van der Waals surface area contributed by atoms with Gasteiger partial charge < -0.3 is 10.3 Å². The molecule has 4 nitrogen and oxygen atoms in total. The van der Waals surface area contributed by atoms with Gasteiger partial charge >= 0.3 is 0 Å². The highest BCUT2D eigenvalue weighted by Crippen LogP contribution is 2.24. The van der Waals surface area contributed by atoms with Crippen LogP contribution >= 0.6 is 23.2 Å². The van der Waals surface area contributed by atoms with Crippen LogP contribution in [0.4, 0.5) is 0 Å². The summed E-state index contributed by atoms with van der Waals surface area (Å²) in [6.07, 6.45) is 2.54. The fraction of sp³-hybridized carbons (Fsp3) is 0.429. The summed E-state index contributed by atoms with van der Waals surface area (Å²) in [6.45, 7) is 2.62. The third kappa shape index (κ3) is 3.72. The number of rotatable bonds is 6. The number of halogens is 2. The van der Waals surface area contributed by atoms with Crippen molar-refractivity contribution in [1.82, 2.24) is 10.1 Å². The Morgan fingerprint density at radius 1 is 1.30 bits per heavy atom. The molecule has 108 valence electrons. The van der Waals surface area contributed by atoms with Gasteiger partial charge in [-0.2, -0.15) is 4.98 Å². The molecule has 1 unspecified atom stereocenters. The van der Waals surface area contributed by atoms with Gasteiger partial charge in [0.05, 0.1) is 16.0 Å². The average Bonchev–Trinajstić information content (AvgIpc) is 2.88. The molecule has 1 aromatic carbocycles. The van der Waals surface area contributed by atoms with Crippen LogP contribution in [0.3, 0.4) is 0 Å². The zero-order valence-corrected chi connectivity index (χ0v) is 12.8. The van der Waals surface area contributed by atoms with Gasteiger partial charge in [-0.1, -0.05) is 47.8 Å². The van der Waals surface area contributed by atoms with E-state index in [0.29, 0.717) is 34.7 Å². The highest BCUT2D eigenvalue weighted by Gasteiger charge is 2.17. The van der Waals surface area contributed by atoms with E-state index in [1.807, 2.05) is 12.1 Å². The number of benzene rings is 1. The van der Waals surface area contributed by atoms with Crippen LogP contribution in [0.25, 0.3) is 0 Å². The number of hydrogen-bond donors (Lipinski definition) is 1. The van der Waals surface area contributed by atoms with Crippen molar-refractivity contribution in [3.05, 3.63) is 45.5 Å². The molecule has 1 atom stereocenters. The molecule has 0 amide bonds. The van der Waals surface area contributed by atoms with Gasteiger partial charge in [0.1, 0.15) is 0 Å². The van der Waals surface area contributed by atoms with Crippen LogP contribution in [0.2, 0.25) is 10.0 Å². The normalized spacial score (nSPS) is 12.6. The van der Waals surface area contributed by atoms with Gasteiger partial charge in [-0.15, -0.1) is 0 Å². The van der Waals surface area contributed by atoms with E-state index in [1.54, 1.807) is 6.07 Å². The standard InChI is InChI=1S/C14H17Cl2N3O/c1-2-3-10(8-17)14-18-13(19-20-14)7-9-4-5-11(15)12(16)6-9/h4-6,10H,2-3,7-8,17H2,1H3.